The van der Waals surface area contributed by atoms with Gasteiger partial charge < -0.3 is 0 Å². The summed E-state index contributed by atoms with van der Waals surface area (Å²) < 4.78 is 0. The maximum Gasteiger partial charge on any atom is 0.146 e. The van der Waals surface area contributed by atoms with Crippen LogP contribution in [0.3, 0.4) is 0 Å². The number of benzene rings is 1. The van der Waals surface area contributed by atoms with Crippen molar-refractivity contribution in [3.63, 3.8) is 0 Å². The molecular formula is C17H22O. The van der Waals surface area contributed by atoms with Crippen LogP contribution in [0.15, 0.2) is 47.6 Å². The van der Waals surface area contributed by atoms with Crippen molar-refractivity contribution in [3.8, 4) is 0 Å². The first-order chi connectivity index (χ1) is 8.80. The Labute approximate surface area is 110 Å². The van der Waals surface area contributed by atoms with Crippen molar-refractivity contribution >= 4 is 12.4 Å². The van der Waals surface area contributed by atoms with Crippen molar-refractivity contribution in [2.45, 2.75) is 39.5 Å². The van der Waals surface area contributed by atoms with Crippen molar-refractivity contribution in [2.75, 3.05) is 0 Å². The highest BCUT2D eigenvalue weighted by molar-refractivity contribution is 5.75. The SMILES string of the molecule is CCCC(=C/c1ccccc1)/C=C(/C=O)CCC. The molecule has 1 aromatic carbocycles. The number of hydrogen-bond donors (Lipinski definition) is 0. The highest BCUT2D eigenvalue weighted by Gasteiger charge is 1.98. The topological polar surface area (TPSA) is 17.1 Å². The molecule has 0 atom stereocenters. The van der Waals surface area contributed by atoms with Gasteiger partial charge in [-0.1, -0.05) is 69.2 Å². The van der Waals surface area contributed by atoms with Crippen LogP contribution in [0, 0.1) is 0 Å². The summed E-state index contributed by atoms with van der Waals surface area (Å²) in [5.41, 5.74) is 3.33. The highest BCUT2D eigenvalue weighted by atomic mass is 16.1. The molecule has 0 fully saturated rings. The Kier molecular flexibility index (Phi) is 6.78. The molecule has 0 aromatic heterocycles. The minimum atomic E-state index is 0.860. The van der Waals surface area contributed by atoms with Crippen LogP contribution in [0.1, 0.15) is 45.1 Å². The highest BCUT2D eigenvalue weighted by Crippen LogP contribution is 2.16. The summed E-state index contributed by atoms with van der Waals surface area (Å²) >= 11 is 0. The molecular weight excluding hydrogens is 220 g/mol. The lowest BCUT2D eigenvalue weighted by Crippen LogP contribution is -1.88. The van der Waals surface area contributed by atoms with Crippen LogP contribution >= 0.6 is 0 Å². The molecule has 0 N–H and O–H groups in total. The molecule has 0 bridgehead atoms. The summed E-state index contributed by atoms with van der Waals surface area (Å²) in [6.45, 7) is 4.25. The molecule has 18 heavy (non-hydrogen) atoms. The first-order valence-electron chi connectivity index (χ1n) is 6.71. The van der Waals surface area contributed by atoms with Gasteiger partial charge in [-0.2, -0.15) is 0 Å². The van der Waals surface area contributed by atoms with Crippen LogP contribution in [0.5, 0.6) is 0 Å². The monoisotopic (exact) mass is 242 g/mol. The smallest absolute Gasteiger partial charge is 0.146 e. The van der Waals surface area contributed by atoms with E-state index in [9.17, 15) is 4.79 Å². The molecule has 0 heterocycles. The van der Waals surface area contributed by atoms with E-state index in [-0.39, 0.29) is 0 Å². The summed E-state index contributed by atoms with van der Waals surface area (Å²) in [5.74, 6) is 0. The molecule has 1 aromatic rings. The second-order valence-electron chi connectivity index (χ2n) is 4.47. The zero-order valence-corrected chi connectivity index (χ0v) is 11.4. The Morgan fingerprint density at radius 1 is 1.00 bits per heavy atom. The number of carbonyl (C=O) groups excluding carboxylic acids is 1. The van der Waals surface area contributed by atoms with E-state index < -0.39 is 0 Å². The van der Waals surface area contributed by atoms with Crippen molar-refractivity contribution in [1.82, 2.24) is 0 Å². The number of rotatable bonds is 7. The van der Waals surface area contributed by atoms with E-state index in [0.717, 1.165) is 37.5 Å². The average molecular weight is 242 g/mol. The van der Waals surface area contributed by atoms with Gasteiger partial charge in [0, 0.05) is 0 Å². The van der Waals surface area contributed by atoms with Gasteiger partial charge >= 0.3 is 0 Å². The molecule has 0 spiro atoms. The molecule has 1 nitrogen and oxygen atoms in total. The maximum absolute atomic E-state index is 11.0. The van der Waals surface area contributed by atoms with Crippen LogP contribution < -0.4 is 0 Å². The zero-order chi connectivity index (χ0) is 13.2. The van der Waals surface area contributed by atoms with Gasteiger partial charge in [0.2, 0.25) is 0 Å². The van der Waals surface area contributed by atoms with Crippen molar-refractivity contribution < 1.29 is 4.79 Å². The third-order valence-electron chi connectivity index (χ3n) is 2.75. The predicted molar refractivity (Wildman–Crippen MR) is 78.4 cm³/mol. The maximum atomic E-state index is 11.0. The van der Waals surface area contributed by atoms with Gasteiger partial charge in [0.15, 0.2) is 0 Å². The largest absolute Gasteiger partial charge is 0.298 e. The van der Waals surface area contributed by atoms with Crippen molar-refractivity contribution in [3.05, 3.63) is 53.1 Å². The van der Waals surface area contributed by atoms with E-state index in [1.54, 1.807) is 0 Å². The zero-order valence-electron chi connectivity index (χ0n) is 11.4. The first kappa shape index (κ1) is 14.4. The van der Waals surface area contributed by atoms with Crippen LogP contribution in [0.2, 0.25) is 0 Å². The summed E-state index contributed by atoms with van der Waals surface area (Å²) in [6.07, 6.45) is 9.17. The summed E-state index contributed by atoms with van der Waals surface area (Å²) in [4.78, 5) is 11.0. The molecule has 1 heteroatoms. The van der Waals surface area contributed by atoms with E-state index in [1.807, 2.05) is 24.3 Å². The Hall–Kier alpha value is -1.63. The second-order valence-corrected chi connectivity index (χ2v) is 4.47. The number of carbonyl (C=O) groups is 1. The summed E-state index contributed by atoms with van der Waals surface area (Å²) in [6, 6.07) is 10.3. The first-order valence-corrected chi connectivity index (χ1v) is 6.71. The molecule has 0 aliphatic carbocycles. The molecule has 0 aliphatic heterocycles. The van der Waals surface area contributed by atoms with Crippen LogP contribution in [0.4, 0.5) is 0 Å². The summed E-state index contributed by atoms with van der Waals surface area (Å²) in [5, 5.41) is 0. The van der Waals surface area contributed by atoms with E-state index in [2.05, 4.69) is 32.1 Å². The molecule has 96 valence electrons. The minimum absolute atomic E-state index is 0.860. The van der Waals surface area contributed by atoms with Crippen molar-refractivity contribution in [2.24, 2.45) is 0 Å². The van der Waals surface area contributed by atoms with E-state index >= 15 is 0 Å². The van der Waals surface area contributed by atoms with Gasteiger partial charge in [-0.25, -0.2) is 0 Å². The Bertz CT molecular complexity index is 412. The molecule has 0 radical (unpaired) electrons. The van der Waals surface area contributed by atoms with Crippen LogP contribution in [-0.2, 0) is 4.79 Å². The number of hydrogen-bond acceptors (Lipinski definition) is 1. The predicted octanol–water partition coefficient (Wildman–Crippen LogP) is 4.80. The fourth-order valence-electron chi connectivity index (χ4n) is 1.93. The third kappa shape index (κ3) is 5.13. The van der Waals surface area contributed by atoms with Gasteiger partial charge in [0.25, 0.3) is 0 Å². The molecule has 0 aliphatic rings. The molecule has 0 amide bonds. The molecule has 0 unspecified atom stereocenters. The van der Waals surface area contributed by atoms with E-state index in [4.69, 9.17) is 0 Å². The Balaban J connectivity index is 2.95. The molecule has 1 rings (SSSR count). The number of allylic oxidation sites excluding steroid dienone is 3. The number of aldehydes is 1. The quantitative estimate of drug-likeness (QED) is 0.381. The van der Waals surface area contributed by atoms with Gasteiger partial charge in [0.1, 0.15) is 6.29 Å². The lowest BCUT2D eigenvalue weighted by Gasteiger charge is -2.03. The molecule has 0 saturated heterocycles. The summed E-state index contributed by atoms with van der Waals surface area (Å²) in [7, 11) is 0. The molecule has 0 saturated carbocycles. The van der Waals surface area contributed by atoms with Gasteiger partial charge in [-0.15, -0.1) is 0 Å². The standard InChI is InChI=1S/C17H22O/c1-3-8-16(13-17(14-18)9-4-2)12-15-10-6-5-7-11-15/h5-7,10-14H,3-4,8-9H2,1-2H3/b16-12-,17-13+. The fraction of sp³-hybridized carbons (Fsp3) is 0.353. The van der Waals surface area contributed by atoms with Gasteiger partial charge in [-0.05, 0) is 29.6 Å². The van der Waals surface area contributed by atoms with Gasteiger partial charge in [-0.3, -0.25) is 4.79 Å². The van der Waals surface area contributed by atoms with Gasteiger partial charge in [0.05, 0.1) is 0 Å². The lowest BCUT2D eigenvalue weighted by atomic mass is 10.0. The normalized spacial score (nSPS) is 12.6. The third-order valence-corrected chi connectivity index (χ3v) is 2.75. The van der Waals surface area contributed by atoms with Crippen LogP contribution in [0.25, 0.3) is 6.08 Å². The van der Waals surface area contributed by atoms with E-state index in [0.29, 0.717) is 0 Å². The van der Waals surface area contributed by atoms with E-state index in [1.165, 1.54) is 11.1 Å². The van der Waals surface area contributed by atoms with Crippen LogP contribution in [-0.4, -0.2) is 6.29 Å². The Morgan fingerprint density at radius 2 is 1.61 bits per heavy atom. The minimum Gasteiger partial charge on any atom is -0.298 e. The lowest BCUT2D eigenvalue weighted by molar-refractivity contribution is -0.105. The average Bonchev–Trinajstić information content (AvgIpc) is 2.39. The fourth-order valence-corrected chi connectivity index (χ4v) is 1.93. The van der Waals surface area contributed by atoms with Crippen molar-refractivity contribution in [1.29, 1.82) is 0 Å². The second kappa shape index (κ2) is 8.46. The Morgan fingerprint density at radius 3 is 2.17 bits per heavy atom.